The number of aliphatic hydroxyl groups excluding tert-OH is 1. The topological polar surface area (TPSA) is 82.0 Å². The molecule has 2 fully saturated rings. The number of nitrogens with one attached hydrogen (secondary N) is 1. The zero-order chi connectivity index (χ0) is 18.2. The highest BCUT2D eigenvalue weighted by molar-refractivity contribution is 5.94. The molecule has 4 aliphatic rings. The van der Waals surface area contributed by atoms with Crippen LogP contribution in [0.4, 0.5) is 5.69 Å². The third-order valence-corrected chi connectivity index (χ3v) is 7.13. The number of para-hydroxylation sites is 1. The molecule has 138 valence electrons. The summed E-state index contributed by atoms with van der Waals surface area (Å²) in [4.78, 5) is 15.3. The first-order chi connectivity index (χ1) is 12.5. The van der Waals surface area contributed by atoms with Gasteiger partial charge in [-0.25, -0.2) is 4.79 Å². The van der Waals surface area contributed by atoms with Gasteiger partial charge in [0.2, 0.25) is 0 Å². The maximum absolute atomic E-state index is 12.8. The monoisotopic (exact) mass is 356 g/mol. The van der Waals surface area contributed by atoms with Gasteiger partial charge in [-0.15, -0.1) is 0 Å². The summed E-state index contributed by atoms with van der Waals surface area (Å²) in [7, 11) is 1.41. The highest BCUT2D eigenvalue weighted by Gasteiger charge is 2.63. The zero-order valence-electron chi connectivity index (χ0n) is 15.0. The summed E-state index contributed by atoms with van der Waals surface area (Å²) < 4.78 is 5.16. The third kappa shape index (κ3) is 1.76. The number of ether oxygens (including phenoxy) is 1. The van der Waals surface area contributed by atoms with Gasteiger partial charge in [0.15, 0.2) is 0 Å². The summed E-state index contributed by atoms with van der Waals surface area (Å²) in [6.45, 7) is 3.52. The number of anilines is 1. The van der Waals surface area contributed by atoms with Gasteiger partial charge in [-0.1, -0.05) is 12.1 Å². The van der Waals surface area contributed by atoms with Gasteiger partial charge in [0.1, 0.15) is 5.75 Å². The van der Waals surface area contributed by atoms with Crippen molar-refractivity contribution < 1.29 is 19.7 Å². The number of rotatable bonds is 2. The molecule has 5 atom stereocenters. The van der Waals surface area contributed by atoms with Crippen LogP contribution < -0.4 is 5.32 Å². The first kappa shape index (κ1) is 16.1. The first-order valence-corrected chi connectivity index (χ1v) is 9.33. The van der Waals surface area contributed by atoms with Crippen LogP contribution in [0, 0.1) is 11.8 Å². The zero-order valence-corrected chi connectivity index (χ0v) is 15.0. The molecule has 0 aromatic heterocycles. The van der Waals surface area contributed by atoms with E-state index >= 15 is 0 Å². The molecule has 6 heteroatoms. The summed E-state index contributed by atoms with van der Waals surface area (Å²) in [5.74, 6) is -0.145. The maximum atomic E-state index is 12.8. The molecular weight excluding hydrogens is 332 g/mol. The number of fused-ring (bicyclic) bond motifs is 2. The number of phenolic OH excluding ortho intramolecular Hbond substituents is 1. The molecule has 6 nitrogen and oxygen atoms in total. The molecule has 1 aromatic carbocycles. The average Bonchev–Trinajstić information content (AvgIpc) is 3.18. The standard InChI is InChI=1S/C20H24N2O4/c1-10(23)12-9-22-7-6-20-13-4-3-5-14(24)17(13)21-18(20)16(19(25)26-2)11(12)8-15(20)22/h3-5,10-12,15,21,23-24H,6-9H2,1-2H3/t10?,11?,12?,15?,20-/m1/s1. The van der Waals surface area contributed by atoms with Gasteiger partial charge in [-0.3, -0.25) is 4.90 Å². The van der Waals surface area contributed by atoms with Gasteiger partial charge in [-0.05, 0) is 37.9 Å². The van der Waals surface area contributed by atoms with Gasteiger partial charge in [0, 0.05) is 30.1 Å². The molecule has 4 unspecified atom stereocenters. The normalized spacial score (nSPS) is 35.6. The Morgan fingerprint density at radius 3 is 3.00 bits per heavy atom. The van der Waals surface area contributed by atoms with Gasteiger partial charge >= 0.3 is 5.97 Å². The Hall–Kier alpha value is -2.05. The van der Waals surface area contributed by atoms with Crippen molar-refractivity contribution in [2.24, 2.45) is 11.8 Å². The van der Waals surface area contributed by atoms with E-state index in [1.54, 1.807) is 6.07 Å². The van der Waals surface area contributed by atoms with E-state index in [9.17, 15) is 15.0 Å². The van der Waals surface area contributed by atoms with E-state index < -0.39 is 6.10 Å². The Kier molecular flexibility index (Phi) is 3.25. The molecule has 0 saturated carbocycles. The Morgan fingerprint density at radius 2 is 2.27 bits per heavy atom. The molecule has 1 aliphatic carbocycles. The fraction of sp³-hybridized carbons (Fsp3) is 0.550. The number of carbonyl (C=O) groups excluding carboxylic acids is 1. The Labute approximate surface area is 152 Å². The maximum Gasteiger partial charge on any atom is 0.335 e. The molecule has 0 radical (unpaired) electrons. The van der Waals surface area contributed by atoms with Crippen molar-refractivity contribution >= 4 is 11.7 Å². The van der Waals surface area contributed by atoms with Crippen molar-refractivity contribution in [3.05, 3.63) is 35.0 Å². The van der Waals surface area contributed by atoms with Crippen molar-refractivity contribution in [1.82, 2.24) is 4.90 Å². The molecule has 0 amide bonds. The summed E-state index contributed by atoms with van der Waals surface area (Å²) in [5, 5.41) is 24.2. The molecule has 1 spiro atoms. The fourth-order valence-corrected chi connectivity index (χ4v) is 6.03. The minimum Gasteiger partial charge on any atom is -0.506 e. The molecular formula is C20H24N2O4. The summed E-state index contributed by atoms with van der Waals surface area (Å²) in [6.07, 6.45) is 1.24. The van der Waals surface area contributed by atoms with Crippen LogP contribution in [0.3, 0.4) is 0 Å². The Balaban J connectivity index is 1.79. The molecule has 26 heavy (non-hydrogen) atoms. The van der Waals surface area contributed by atoms with Crippen molar-refractivity contribution in [1.29, 1.82) is 0 Å². The minimum absolute atomic E-state index is 0.00283. The number of aromatic hydroxyl groups is 1. The largest absolute Gasteiger partial charge is 0.506 e. The van der Waals surface area contributed by atoms with E-state index in [2.05, 4.69) is 16.3 Å². The number of hydrogen-bond acceptors (Lipinski definition) is 6. The van der Waals surface area contributed by atoms with Crippen molar-refractivity contribution in [2.45, 2.75) is 37.3 Å². The quantitative estimate of drug-likeness (QED) is 0.551. The van der Waals surface area contributed by atoms with Crippen LogP contribution in [0.15, 0.2) is 29.5 Å². The van der Waals surface area contributed by atoms with Gasteiger partial charge in [0.05, 0.1) is 29.9 Å². The molecule has 1 aromatic rings. The van der Waals surface area contributed by atoms with E-state index in [1.807, 2.05) is 13.0 Å². The number of esters is 1. The van der Waals surface area contributed by atoms with Crippen LogP contribution in [0.25, 0.3) is 0 Å². The number of carbonyl (C=O) groups is 1. The molecule has 3 aliphatic heterocycles. The van der Waals surface area contributed by atoms with E-state index in [-0.39, 0.29) is 35.0 Å². The fourth-order valence-electron chi connectivity index (χ4n) is 6.03. The second kappa shape index (κ2) is 5.24. The van der Waals surface area contributed by atoms with Crippen LogP contribution in [0.2, 0.25) is 0 Å². The number of nitrogens with zero attached hydrogens (tertiary/aromatic N) is 1. The predicted octanol–water partition coefficient (Wildman–Crippen LogP) is 1.59. The summed E-state index contributed by atoms with van der Waals surface area (Å²) in [6, 6.07) is 5.90. The van der Waals surface area contributed by atoms with Crippen LogP contribution in [0.5, 0.6) is 5.75 Å². The number of methoxy groups -OCH3 is 1. The Morgan fingerprint density at radius 1 is 1.46 bits per heavy atom. The highest BCUT2D eigenvalue weighted by atomic mass is 16.5. The molecule has 5 rings (SSSR count). The van der Waals surface area contributed by atoms with E-state index in [1.165, 1.54) is 7.11 Å². The van der Waals surface area contributed by atoms with Crippen molar-refractivity contribution in [2.75, 3.05) is 25.5 Å². The number of phenols is 1. The van der Waals surface area contributed by atoms with Crippen LogP contribution in [-0.2, 0) is 14.9 Å². The second-order valence-electron chi connectivity index (χ2n) is 8.08. The van der Waals surface area contributed by atoms with Crippen LogP contribution in [0.1, 0.15) is 25.3 Å². The van der Waals surface area contributed by atoms with Crippen molar-refractivity contribution in [3.8, 4) is 5.75 Å². The second-order valence-corrected chi connectivity index (χ2v) is 8.08. The van der Waals surface area contributed by atoms with Gasteiger partial charge in [0.25, 0.3) is 0 Å². The molecule has 2 saturated heterocycles. The lowest BCUT2D eigenvalue weighted by atomic mass is 9.60. The molecule has 3 heterocycles. The SMILES string of the molecule is COC(=O)C1=C2Nc3c(O)cccc3[C@@]23CCN2CC(C(C)O)C1CC23. The van der Waals surface area contributed by atoms with Gasteiger partial charge in [-0.2, -0.15) is 0 Å². The number of hydrogen-bond donors (Lipinski definition) is 3. The Bertz CT molecular complexity index is 833. The summed E-state index contributed by atoms with van der Waals surface area (Å²) >= 11 is 0. The van der Waals surface area contributed by atoms with Crippen LogP contribution >= 0.6 is 0 Å². The number of aliphatic hydroxyl groups is 1. The molecule has 2 bridgehead atoms. The average molecular weight is 356 g/mol. The summed E-state index contributed by atoms with van der Waals surface area (Å²) in [5.41, 5.74) is 3.04. The first-order valence-electron chi connectivity index (χ1n) is 9.33. The van der Waals surface area contributed by atoms with E-state index in [0.29, 0.717) is 11.3 Å². The number of piperidine rings is 1. The lowest BCUT2D eigenvalue weighted by molar-refractivity contribution is -0.138. The highest BCUT2D eigenvalue weighted by Crippen LogP contribution is 2.62. The van der Waals surface area contributed by atoms with E-state index in [0.717, 1.165) is 37.2 Å². The van der Waals surface area contributed by atoms with Crippen molar-refractivity contribution in [3.63, 3.8) is 0 Å². The number of benzene rings is 1. The minimum atomic E-state index is -0.494. The van der Waals surface area contributed by atoms with E-state index in [4.69, 9.17) is 4.74 Å². The predicted molar refractivity (Wildman–Crippen MR) is 95.7 cm³/mol. The third-order valence-electron chi connectivity index (χ3n) is 7.13. The van der Waals surface area contributed by atoms with Gasteiger partial charge < -0.3 is 20.3 Å². The smallest absolute Gasteiger partial charge is 0.335 e. The lowest BCUT2D eigenvalue weighted by Gasteiger charge is -2.51. The molecule has 3 N–H and O–H groups in total. The lowest BCUT2D eigenvalue weighted by Crippen LogP contribution is -2.57. The van der Waals surface area contributed by atoms with Crippen LogP contribution in [-0.4, -0.2) is 53.4 Å².